The van der Waals surface area contributed by atoms with E-state index in [2.05, 4.69) is 5.16 Å². The van der Waals surface area contributed by atoms with Gasteiger partial charge in [-0.3, -0.25) is 4.90 Å². The smallest absolute Gasteiger partial charge is 0.414 e. The van der Waals surface area contributed by atoms with Gasteiger partial charge in [-0.1, -0.05) is 11.2 Å². The van der Waals surface area contributed by atoms with Gasteiger partial charge in [0.1, 0.15) is 5.60 Å². The Kier molecular flexibility index (Phi) is 4.21. The molecule has 5 heteroatoms. The van der Waals surface area contributed by atoms with Gasteiger partial charge in [-0.15, -0.1) is 0 Å². The molecule has 21 heavy (non-hydrogen) atoms. The molecule has 0 aliphatic carbocycles. The third kappa shape index (κ3) is 3.54. The lowest BCUT2D eigenvalue weighted by Crippen LogP contribution is -2.39. The first-order valence-corrected chi connectivity index (χ1v) is 7.14. The highest BCUT2D eigenvalue weighted by Gasteiger charge is 2.27. The summed E-state index contributed by atoms with van der Waals surface area (Å²) in [4.78, 5) is 14.0. The van der Waals surface area contributed by atoms with E-state index in [4.69, 9.17) is 9.94 Å². The minimum atomic E-state index is -0.505. The average Bonchev–Trinajstić information content (AvgIpc) is 2.43. The Bertz CT molecular complexity index is 573. The van der Waals surface area contributed by atoms with Crippen LogP contribution in [0, 0.1) is 0 Å². The maximum absolute atomic E-state index is 12.3. The number of oxime groups is 1. The van der Waals surface area contributed by atoms with Crippen LogP contribution in [0.25, 0.3) is 0 Å². The van der Waals surface area contributed by atoms with E-state index in [0.29, 0.717) is 12.3 Å². The summed E-state index contributed by atoms with van der Waals surface area (Å²) in [6.07, 6.45) is 1.48. The number of anilines is 1. The molecule has 1 aromatic carbocycles. The summed E-state index contributed by atoms with van der Waals surface area (Å²) in [5.41, 5.74) is 2.88. The summed E-state index contributed by atoms with van der Waals surface area (Å²) in [5, 5.41) is 12.1. The molecule has 0 bridgehead atoms. The zero-order chi connectivity index (χ0) is 15.6. The number of benzene rings is 1. The van der Waals surface area contributed by atoms with Gasteiger partial charge in [0, 0.05) is 6.54 Å². The van der Waals surface area contributed by atoms with Gasteiger partial charge in [0.25, 0.3) is 0 Å². The molecular weight excluding hydrogens is 268 g/mol. The van der Waals surface area contributed by atoms with Gasteiger partial charge in [-0.25, -0.2) is 4.79 Å². The predicted molar refractivity (Wildman–Crippen MR) is 82.3 cm³/mol. The molecule has 114 valence electrons. The number of hydrogen-bond acceptors (Lipinski definition) is 4. The second-order valence-electron chi connectivity index (χ2n) is 6.26. The van der Waals surface area contributed by atoms with Gasteiger partial charge in [-0.2, -0.15) is 0 Å². The Morgan fingerprint density at radius 2 is 2.10 bits per heavy atom. The van der Waals surface area contributed by atoms with Crippen LogP contribution in [0.2, 0.25) is 0 Å². The van der Waals surface area contributed by atoms with Crippen LogP contribution in [-0.2, 0) is 11.2 Å². The summed E-state index contributed by atoms with van der Waals surface area (Å²) in [5.74, 6) is 0. The first-order valence-electron chi connectivity index (χ1n) is 7.14. The summed E-state index contributed by atoms with van der Waals surface area (Å²) < 4.78 is 5.46. The minimum absolute atomic E-state index is 0.316. The maximum Gasteiger partial charge on any atom is 0.414 e. The third-order valence-corrected chi connectivity index (χ3v) is 3.38. The highest BCUT2D eigenvalue weighted by atomic mass is 16.6. The monoisotopic (exact) mass is 290 g/mol. The normalized spacial score (nSPS) is 15.6. The van der Waals surface area contributed by atoms with E-state index < -0.39 is 5.60 Å². The topological polar surface area (TPSA) is 62.1 Å². The fraction of sp³-hybridized carbons (Fsp3) is 0.500. The average molecular weight is 290 g/mol. The van der Waals surface area contributed by atoms with Crippen molar-refractivity contribution in [3.05, 3.63) is 29.3 Å². The molecule has 0 radical (unpaired) electrons. The minimum Gasteiger partial charge on any atom is -0.443 e. The van der Waals surface area contributed by atoms with Crippen molar-refractivity contribution in [2.75, 3.05) is 11.4 Å². The zero-order valence-corrected chi connectivity index (χ0v) is 13.0. The lowest BCUT2D eigenvalue weighted by Gasteiger charge is -2.31. The Balaban J connectivity index is 2.30. The number of carbonyl (C=O) groups is 1. The Morgan fingerprint density at radius 3 is 2.71 bits per heavy atom. The van der Waals surface area contributed by atoms with Crippen LogP contribution in [-0.4, -0.2) is 29.2 Å². The number of aryl methyl sites for hydroxylation is 1. The molecule has 1 aliphatic heterocycles. The molecule has 0 unspecified atom stereocenters. The van der Waals surface area contributed by atoms with E-state index in [0.717, 1.165) is 29.7 Å². The first kappa shape index (κ1) is 15.4. The fourth-order valence-corrected chi connectivity index (χ4v) is 2.39. The number of ether oxygens (including phenoxy) is 1. The summed E-state index contributed by atoms with van der Waals surface area (Å²) in [7, 11) is 0. The standard InChI is InChI=1S/C16H22N2O3/c1-11(17-20)12-7-8-14-13(10-12)6-5-9-18(14)15(19)21-16(2,3)4/h7-8,10,20H,5-6,9H2,1-4H3. The van der Waals surface area contributed by atoms with Gasteiger partial charge < -0.3 is 9.94 Å². The molecule has 1 amide bonds. The van der Waals surface area contributed by atoms with Crippen molar-refractivity contribution in [2.24, 2.45) is 5.16 Å². The van der Waals surface area contributed by atoms with Crippen molar-refractivity contribution in [1.29, 1.82) is 0 Å². The first-order chi connectivity index (χ1) is 9.81. The van der Waals surface area contributed by atoms with Gasteiger partial charge >= 0.3 is 6.09 Å². The van der Waals surface area contributed by atoms with Crippen LogP contribution in [0.5, 0.6) is 0 Å². The van der Waals surface area contributed by atoms with E-state index >= 15 is 0 Å². The quantitative estimate of drug-likeness (QED) is 0.488. The van der Waals surface area contributed by atoms with Crippen LogP contribution in [0.3, 0.4) is 0 Å². The van der Waals surface area contributed by atoms with Gasteiger partial charge in [0.15, 0.2) is 0 Å². The van der Waals surface area contributed by atoms with Crippen molar-refractivity contribution < 1.29 is 14.7 Å². The van der Waals surface area contributed by atoms with E-state index in [1.165, 1.54) is 0 Å². The van der Waals surface area contributed by atoms with E-state index in [9.17, 15) is 4.79 Å². The van der Waals surface area contributed by atoms with E-state index in [1.54, 1.807) is 11.8 Å². The van der Waals surface area contributed by atoms with Crippen molar-refractivity contribution in [3.8, 4) is 0 Å². The van der Waals surface area contributed by atoms with Crippen LogP contribution >= 0.6 is 0 Å². The van der Waals surface area contributed by atoms with Crippen molar-refractivity contribution in [2.45, 2.75) is 46.1 Å². The Labute approximate surface area is 125 Å². The highest BCUT2D eigenvalue weighted by molar-refractivity contribution is 5.99. The predicted octanol–water partition coefficient (Wildman–Crippen LogP) is 3.57. The molecule has 1 aliphatic rings. The molecule has 0 spiro atoms. The SMILES string of the molecule is CC(=NO)c1ccc2c(c1)CCCN2C(=O)OC(C)(C)C. The van der Waals surface area contributed by atoms with E-state index in [-0.39, 0.29) is 6.09 Å². The third-order valence-electron chi connectivity index (χ3n) is 3.38. The number of carbonyl (C=O) groups excluding carboxylic acids is 1. The van der Waals surface area contributed by atoms with Crippen molar-refractivity contribution >= 4 is 17.5 Å². The molecule has 0 saturated heterocycles. The van der Waals surface area contributed by atoms with Crippen LogP contribution < -0.4 is 4.90 Å². The molecule has 0 atom stereocenters. The Morgan fingerprint density at radius 1 is 1.38 bits per heavy atom. The zero-order valence-electron chi connectivity index (χ0n) is 13.0. The number of nitrogens with zero attached hydrogens (tertiary/aromatic N) is 2. The molecule has 0 saturated carbocycles. The number of fused-ring (bicyclic) bond motifs is 1. The van der Waals surface area contributed by atoms with Crippen molar-refractivity contribution in [3.63, 3.8) is 0 Å². The van der Waals surface area contributed by atoms with Gasteiger partial charge in [0.05, 0.1) is 11.4 Å². The van der Waals surface area contributed by atoms with Crippen molar-refractivity contribution in [1.82, 2.24) is 0 Å². The molecular formula is C16H22N2O3. The molecule has 1 heterocycles. The lowest BCUT2D eigenvalue weighted by atomic mass is 9.98. The maximum atomic E-state index is 12.3. The molecule has 0 fully saturated rings. The second kappa shape index (κ2) is 5.76. The van der Waals surface area contributed by atoms with Crippen LogP contribution in [0.1, 0.15) is 45.2 Å². The van der Waals surface area contributed by atoms with E-state index in [1.807, 2.05) is 39.0 Å². The number of rotatable bonds is 1. The molecule has 2 rings (SSSR count). The summed E-state index contributed by atoms with van der Waals surface area (Å²) >= 11 is 0. The largest absolute Gasteiger partial charge is 0.443 e. The molecule has 5 nitrogen and oxygen atoms in total. The summed E-state index contributed by atoms with van der Waals surface area (Å²) in [6, 6.07) is 5.72. The summed E-state index contributed by atoms with van der Waals surface area (Å²) in [6.45, 7) is 7.99. The molecule has 1 N–H and O–H groups in total. The lowest BCUT2D eigenvalue weighted by molar-refractivity contribution is 0.0578. The van der Waals surface area contributed by atoms with Gasteiger partial charge in [-0.05, 0) is 63.8 Å². The number of hydrogen-bond donors (Lipinski definition) is 1. The Hall–Kier alpha value is -2.04. The molecule has 1 aromatic rings. The second-order valence-corrected chi connectivity index (χ2v) is 6.26. The highest BCUT2D eigenvalue weighted by Crippen LogP contribution is 2.29. The number of amides is 1. The fourth-order valence-electron chi connectivity index (χ4n) is 2.39. The van der Waals surface area contributed by atoms with Crippen LogP contribution in [0.15, 0.2) is 23.4 Å². The molecule has 0 aromatic heterocycles. The van der Waals surface area contributed by atoms with Gasteiger partial charge in [0.2, 0.25) is 0 Å². The van der Waals surface area contributed by atoms with Crippen LogP contribution in [0.4, 0.5) is 10.5 Å².